The zero-order valence-corrected chi connectivity index (χ0v) is 11.5. The molecular weight excluding hydrogens is 234 g/mol. The second-order valence-electron chi connectivity index (χ2n) is 5.87. The first-order chi connectivity index (χ1) is 9.26. The first-order valence-corrected chi connectivity index (χ1v) is 7.25. The SMILES string of the molecule is CC(NC1CN2CCC1CC2)c1ccc(C#N)cc1. The fourth-order valence-electron chi connectivity index (χ4n) is 3.42. The van der Waals surface area contributed by atoms with Crippen LogP contribution < -0.4 is 5.32 Å². The van der Waals surface area contributed by atoms with E-state index in [1.165, 1.54) is 38.0 Å². The van der Waals surface area contributed by atoms with E-state index in [-0.39, 0.29) is 0 Å². The van der Waals surface area contributed by atoms with Gasteiger partial charge in [-0.25, -0.2) is 0 Å². The van der Waals surface area contributed by atoms with E-state index in [2.05, 4.69) is 35.3 Å². The number of fused-ring (bicyclic) bond motifs is 3. The molecule has 3 fully saturated rings. The number of rotatable bonds is 3. The average Bonchev–Trinajstić information content (AvgIpc) is 2.48. The van der Waals surface area contributed by atoms with Gasteiger partial charge in [-0.2, -0.15) is 5.26 Å². The first-order valence-electron chi connectivity index (χ1n) is 7.25. The van der Waals surface area contributed by atoms with Crippen LogP contribution >= 0.6 is 0 Å². The molecule has 3 heterocycles. The molecule has 1 aromatic carbocycles. The number of hydrogen-bond donors (Lipinski definition) is 1. The minimum Gasteiger partial charge on any atom is -0.306 e. The standard InChI is InChI=1S/C16H21N3/c1-12(14-4-2-13(10-17)3-5-14)18-16-11-19-8-6-15(16)7-9-19/h2-5,12,15-16,18H,6-9,11H2,1H3. The Hall–Kier alpha value is -1.37. The van der Waals surface area contributed by atoms with Crippen LogP contribution in [-0.4, -0.2) is 30.6 Å². The van der Waals surface area contributed by atoms with Gasteiger partial charge in [0.2, 0.25) is 0 Å². The summed E-state index contributed by atoms with van der Waals surface area (Å²) in [6.45, 7) is 5.99. The molecule has 19 heavy (non-hydrogen) atoms. The van der Waals surface area contributed by atoms with Crippen molar-refractivity contribution in [2.45, 2.75) is 31.8 Å². The highest BCUT2D eigenvalue weighted by Crippen LogP contribution is 2.29. The van der Waals surface area contributed by atoms with Crippen molar-refractivity contribution in [3.8, 4) is 6.07 Å². The molecule has 100 valence electrons. The van der Waals surface area contributed by atoms with E-state index in [0.29, 0.717) is 12.1 Å². The molecule has 3 aliphatic rings. The predicted octanol–water partition coefficient (Wildman–Crippen LogP) is 2.30. The minimum atomic E-state index is 0.360. The Bertz CT molecular complexity index is 466. The van der Waals surface area contributed by atoms with Gasteiger partial charge in [0.15, 0.2) is 0 Å². The van der Waals surface area contributed by atoms with Crippen molar-refractivity contribution in [3.05, 3.63) is 35.4 Å². The third kappa shape index (κ3) is 2.65. The highest BCUT2D eigenvalue weighted by Gasteiger charge is 2.34. The number of piperidine rings is 3. The van der Waals surface area contributed by atoms with Gasteiger partial charge in [-0.05, 0) is 56.5 Å². The van der Waals surface area contributed by atoms with Crippen LogP contribution in [0.15, 0.2) is 24.3 Å². The van der Waals surface area contributed by atoms with Gasteiger partial charge in [-0.3, -0.25) is 0 Å². The smallest absolute Gasteiger partial charge is 0.0991 e. The first kappa shape index (κ1) is 12.7. The third-order valence-corrected chi connectivity index (χ3v) is 4.66. The number of benzene rings is 1. The van der Waals surface area contributed by atoms with Gasteiger partial charge in [-0.15, -0.1) is 0 Å². The zero-order chi connectivity index (χ0) is 13.2. The highest BCUT2D eigenvalue weighted by atomic mass is 15.2. The maximum Gasteiger partial charge on any atom is 0.0991 e. The summed E-state index contributed by atoms with van der Waals surface area (Å²) in [6, 6.07) is 11.1. The average molecular weight is 255 g/mol. The maximum absolute atomic E-state index is 8.83. The van der Waals surface area contributed by atoms with Crippen LogP contribution in [0.3, 0.4) is 0 Å². The van der Waals surface area contributed by atoms with Crippen molar-refractivity contribution in [2.75, 3.05) is 19.6 Å². The Balaban J connectivity index is 1.64. The van der Waals surface area contributed by atoms with Crippen molar-refractivity contribution >= 4 is 0 Å². The van der Waals surface area contributed by atoms with E-state index in [0.717, 1.165) is 11.5 Å². The predicted molar refractivity (Wildman–Crippen MR) is 75.7 cm³/mol. The maximum atomic E-state index is 8.83. The molecular formula is C16H21N3. The van der Waals surface area contributed by atoms with Crippen LogP contribution in [-0.2, 0) is 0 Å². The summed E-state index contributed by atoms with van der Waals surface area (Å²) in [5.74, 6) is 0.853. The molecule has 4 rings (SSSR count). The topological polar surface area (TPSA) is 39.1 Å². The lowest BCUT2D eigenvalue weighted by Crippen LogP contribution is -2.56. The van der Waals surface area contributed by atoms with Crippen molar-refractivity contribution in [1.82, 2.24) is 10.2 Å². The number of hydrogen-bond acceptors (Lipinski definition) is 3. The van der Waals surface area contributed by atoms with Gasteiger partial charge in [0.25, 0.3) is 0 Å². The van der Waals surface area contributed by atoms with Gasteiger partial charge in [0.1, 0.15) is 0 Å². The molecule has 0 amide bonds. The zero-order valence-electron chi connectivity index (χ0n) is 11.5. The Labute approximate surface area is 115 Å². The van der Waals surface area contributed by atoms with Crippen LogP contribution in [0.25, 0.3) is 0 Å². The van der Waals surface area contributed by atoms with Gasteiger partial charge in [0.05, 0.1) is 11.6 Å². The largest absolute Gasteiger partial charge is 0.306 e. The molecule has 2 atom stereocenters. The molecule has 0 radical (unpaired) electrons. The van der Waals surface area contributed by atoms with Crippen molar-refractivity contribution in [2.24, 2.45) is 5.92 Å². The lowest BCUT2D eigenvalue weighted by molar-refractivity contribution is 0.0680. The molecule has 0 aliphatic carbocycles. The van der Waals surface area contributed by atoms with Crippen LogP contribution in [0.2, 0.25) is 0 Å². The Morgan fingerprint density at radius 3 is 2.47 bits per heavy atom. The lowest BCUT2D eigenvalue weighted by atomic mass is 9.83. The summed E-state index contributed by atoms with van der Waals surface area (Å²) in [4.78, 5) is 2.57. The molecule has 3 nitrogen and oxygen atoms in total. The molecule has 3 aliphatic heterocycles. The third-order valence-electron chi connectivity index (χ3n) is 4.66. The quantitative estimate of drug-likeness (QED) is 0.901. The Morgan fingerprint density at radius 2 is 1.95 bits per heavy atom. The Kier molecular flexibility index (Phi) is 3.54. The van der Waals surface area contributed by atoms with E-state index in [4.69, 9.17) is 5.26 Å². The summed E-state index contributed by atoms with van der Waals surface area (Å²) >= 11 is 0. The van der Waals surface area contributed by atoms with Gasteiger partial charge in [0, 0.05) is 18.6 Å². The van der Waals surface area contributed by atoms with Crippen molar-refractivity contribution in [3.63, 3.8) is 0 Å². The van der Waals surface area contributed by atoms with E-state index in [1.807, 2.05) is 12.1 Å². The second kappa shape index (κ2) is 5.32. The molecule has 0 spiro atoms. The molecule has 0 saturated carbocycles. The summed E-state index contributed by atoms with van der Waals surface area (Å²) in [6.07, 6.45) is 2.69. The number of nitriles is 1. The van der Waals surface area contributed by atoms with Crippen LogP contribution in [0.4, 0.5) is 0 Å². The lowest BCUT2D eigenvalue weighted by Gasteiger charge is -2.46. The monoisotopic (exact) mass is 255 g/mol. The van der Waals surface area contributed by atoms with Crippen LogP contribution in [0.5, 0.6) is 0 Å². The molecule has 2 unspecified atom stereocenters. The van der Waals surface area contributed by atoms with E-state index in [1.54, 1.807) is 0 Å². The van der Waals surface area contributed by atoms with E-state index < -0.39 is 0 Å². The number of nitrogens with zero attached hydrogens (tertiary/aromatic N) is 2. The second-order valence-corrected chi connectivity index (χ2v) is 5.87. The van der Waals surface area contributed by atoms with Gasteiger partial charge < -0.3 is 10.2 Å². The van der Waals surface area contributed by atoms with Crippen molar-refractivity contribution < 1.29 is 0 Å². The van der Waals surface area contributed by atoms with E-state index >= 15 is 0 Å². The molecule has 3 saturated heterocycles. The van der Waals surface area contributed by atoms with Gasteiger partial charge in [-0.1, -0.05) is 12.1 Å². The molecule has 1 aromatic rings. The number of nitrogens with one attached hydrogen (secondary N) is 1. The van der Waals surface area contributed by atoms with Crippen LogP contribution in [0, 0.1) is 17.2 Å². The van der Waals surface area contributed by atoms with Crippen molar-refractivity contribution in [1.29, 1.82) is 5.26 Å². The fraction of sp³-hybridized carbons (Fsp3) is 0.562. The highest BCUT2D eigenvalue weighted by molar-refractivity contribution is 5.32. The summed E-state index contributed by atoms with van der Waals surface area (Å²) in [5, 5.41) is 12.6. The fourth-order valence-corrected chi connectivity index (χ4v) is 3.42. The summed E-state index contributed by atoms with van der Waals surface area (Å²) in [7, 11) is 0. The van der Waals surface area contributed by atoms with Gasteiger partial charge >= 0.3 is 0 Å². The molecule has 2 bridgehead atoms. The van der Waals surface area contributed by atoms with E-state index in [9.17, 15) is 0 Å². The minimum absolute atomic E-state index is 0.360. The molecule has 0 aromatic heterocycles. The summed E-state index contributed by atoms with van der Waals surface area (Å²) in [5.41, 5.74) is 2.01. The van der Waals surface area contributed by atoms with Crippen LogP contribution in [0.1, 0.15) is 36.9 Å². The molecule has 3 heteroatoms. The summed E-state index contributed by atoms with van der Waals surface area (Å²) < 4.78 is 0. The normalized spacial score (nSPS) is 30.8. The molecule has 1 N–H and O–H groups in total. The Morgan fingerprint density at radius 1 is 1.26 bits per heavy atom.